The SMILES string of the molecule is CC(=O)N(C)N(Cc1ncc(C(F)(F)F)cc1F)C(=O)c1ccc2nc(N)c3cnn(C)c3c2c1. The largest absolute Gasteiger partial charge is 0.417 e. The number of nitrogen functional groups attached to an aromatic ring is 1. The third-order valence-electron chi connectivity index (χ3n) is 5.55. The van der Waals surface area contributed by atoms with Gasteiger partial charge in [-0.25, -0.2) is 14.4 Å². The summed E-state index contributed by atoms with van der Waals surface area (Å²) in [7, 11) is 2.98. The summed E-state index contributed by atoms with van der Waals surface area (Å²) < 4.78 is 54.7. The van der Waals surface area contributed by atoms with Gasteiger partial charge < -0.3 is 5.73 Å². The lowest BCUT2D eigenvalue weighted by Gasteiger charge is -2.31. The van der Waals surface area contributed by atoms with Crippen molar-refractivity contribution in [3.05, 3.63) is 59.3 Å². The Bertz CT molecular complexity index is 1480. The lowest BCUT2D eigenvalue weighted by Crippen LogP contribution is -2.46. The third-order valence-corrected chi connectivity index (χ3v) is 5.55. The van der Waals surface area contributed by atoms with Crippen LogP contribution < -0.4 is 5.73 Å². The van der Waals surface area contributed by atoms with Crippen LogP contribution in [-0.4, -0.2) is 48.6 Å². The molecule has 0 aliphatic heterocycles. The number of aryl methyl sites for hydroxylation is 1. The number of rotatable bonds is 3. The fourth-order valence-corrected chi connectivity index (χ4v) is 3.60. The minimum Gasteiger partial charge on any atom is -0.383 e. The summed E-state index contributed by atoms with van der Waals surface area (Å²) in [5.74, 6) is -2.27. The van der Waals surface area contributed by atoms with E-state index in [1.807, 2.05) is 0 Å². The summed E-state index contributed by atoms with van der Waals surface area (Å²) in [6, 6.07) is 4.85. The van der Waals surface area contributed by atoms with E-state index in [1.165, 1.54) is 26.1 Å². The molecule has 0 saturated carbocycles. The van der Waals surface area contributed by atoms with E-state index >= 15 is 0 Å². The number of carbonyl (C=O) groups excluding carboxylic acids is 2. The van der Waals surface area contributed by atoms with Crippen molar-refractivity contribution in [2.75, 3.05) is 12.8 Å². The lowest BCUT2D eigenvalue weighted by molar-refractivity contribution is -0.140. The average molecular weight is 489 g/mol. The molecule has 1 aromatic carbocycles. The topological polar surface area (TPSA) is 110 Å². The first-order chi connectivity index (χ1) is 16.4. The Morgan fingerprint density at radius 3 is 2.49 bits per heavy atom. The monoisotopic (exact) mass is 489 g/mol. The predicted molar refractivity (Wildman–Crippen MR) is 118 cm³/mol. The number of nitrogens with zero attached hydrogens (tertiary/aromatic N) is 6. The van der Waals surface area contributed by atoms with E-state index in [4.69, 9.17) is 5.73 Å². The Balaban J connectivity index is 1.77. The Labute approximate surface area is 195 Å². The Morgan fingerprint density at radius 2 is 1.86 bits per heavy atom. The molecule has 9 nitrogen and oxygen atoms in total. The normalized spacial score (nSPS) is 11.7. The molecule has 2 amide bonds. The van der Waals surface area contributed by atoms with Crippen molar-refractivity contribution in [2.45, 2.75) is 19.6 Å². The number of fused-ring (bicyclic) bond motifs is 3. The number of carbonyl (C=O) groups is 2. The second-order valence-corrected chi connectivity index (χ2v) is 7.82. The molecule has 13 heteroatoms. The number of anilines is 1. The van der Waals surface area contributed by atoms with Crippen molar-refractivity contribution in [1.29, 1.82) is 0 Å². The van der Waals surface area contributed by atoms with Crippen LogP contribution in [0.5, 0.6) is 0 Å². The van der Waals surface area contributed by atoms with Gasteiger partial charge in [0, 0.05) is 38.2 Å². The second kappa shape index (κ2) is 8.49. The number of hydrogen-bond donors (Lipinski definition) is 1. The maximum absolute atomic E-state index is 14.5. The van der Waals surface area contributed by atoms with Gasteiger partial charge in [0.2, 0.25) is 5.91 Å². The van der Waals surface area contributed by atoms with Crippen molar-refractivity contribution in [3.63, 3.8) is 0 Å². The van der Waals surface area contributed by atoms with Crippen LogP contribution in [-0.2, 0) is 24.6 Å². The van der Waals surface area contributed by atoms with Crippen molar-refractivity contribution in [3.8, 4) is 0 Å². The molecule has 182 valence electrons. The second-order valence-electron chi connectivity index (χ2n) is 7.82. The molecule has 4 rings (SSSR count). The molecule has 0 fully saturated rings. The zero-order valence-electron chi connectivity index (χ0n) is 18.8. The summed E-state index contributed by atoms with van der Waals surface area (Å²) in [5, 5.41) is 7.15. The highest BCUT2D eigenvalue weighted by molar-refractivity contribution is 6.10. The van der Waals surface area contributed by atoms with Crippen molar-refractivity contribution in [1.82, 2.24) is 29.8 Å². The van der Waals surface area contributed by atoms with E-state index in [0.717, 1.165) is 10.0 Å². The van der Waals surface area contributed by atoms with Crippen LogP contribution in [0.2, 0.25) is 0 Å². The summed E-state index contributed by atoms with van der Waals surface area (Å²) in [6.45, 7) is 0.598. The molecule has 3 heterocycles. The third kappa shape index (κ3) is 4.32. The van der Waals surface area contributed by atoms with Gasteiger partial charge in [-0.1, -0.05) is 0 Å². The van der Waals surface area contributed by atoms with Gasteiger partial charge >= 0.3 is 6.18 Å². The Kier molecular flexibility index (Phi) is 5.79. The number of hydrogen-bond acceptors (Lipinski definition) is 6. The highest BCUT2D eigenvalue weighted by Crippen LogP contribution is 2.30. The predicted octanol–water partition coefficient (Wildman–Crippen LogP) is 3.29. The van der Waals surface area contributed by atoms with E-state index in [2.05, 4.69) is 15.1 Å². The number of pyridine rings is 2. The highest BCUT2D eigenvalue weighted by Gasteiger charge is 2.32. The molecule has 4 aromatic rings. The summed E-state index contributed by atoms with van der Waals surface area (Å²) >= 11 is 0. The molecule has 0 spiro atoms. The minimum absolute atomic E-state index is 0.118. The zero-order valence-corrected chi connectivity index (χ0v) is 18.8. The fraction of sp³-hybridized carbons (Fsp3) is 0.227. The number of amides is 2. The molecular formula is C22H19F4N7O2. The van der Waals surface area contributed by atoms with Crippen molar-refractivity contribution in [2.24, 2.45) is 7.05 Å². The Morgan fingerprint density at radius 1 is 1.14 bits per heavy atom. The van der Waals surface area contributed by atoms with E-state index < -0.39 is 41.6 Å². The van der Waals surface area contributed by atoms with E-state index in [1.54, 1.807) is 24.0 Å². The number of hydrazine groups is 1. The van der Waals surface area contributed by atoms with Gasteiger partial charge in [0.05, 0.1) is 40.4 Å². The summed E-state index contributed by atoms with van der Waals surface area (Å²) in [6.07, 6.45) is -2.77. The van der Waals surface area contributed by atoms with Crippen LogP contribution in [0.1, 0.15) is 28.5 Å². The quantitative estimate of drug-likeness (QED) is 0.349. The van der Waals surface area contributed by atoms with Crippen molar-refractivity contribution >= 4 is 39.4 Å². The standard InChI is InChI=1S/C22H19F4N7O2/c1-11(34)32(3)33(10-18-16(23)7-13(8-28-18)22(24,25)26)21(35)12-4-5-17-14(6-12)19-15(20(27)30-17)9-29-31(19)2/h4-9H,10H2,1-3H3,(H2,27,30). The Hall–Kier alpha value is -4.29. The molecule has 0 unspecified atom stereocenters. The number of aromatic nitrogens is 4. The fourth-order valence-electron chi connectivity index (χ4n) is 3.60. The van der Waals surface area contributed by atoms with Gasteiger partial charge in [-0.3, -0.25) is 24.3 Å². The van der Waals surface area contributed by atoms with Crippen molar-refractivity contribution < 1.29 is 27.2 Å². The van der Waals surface area contributed by atoms with Gasteiger partial charge in [-0.2, -0.15) is 18.3 Å². The van der Waals surface area contributed by atoms with Crippen LogP contribution in [0.3, 0.4) is 0 Å². The van der Waals surface area contributed by atoms with E-state index in [-0.39, 0.29) is 11.4 Å². The molecule has 0 saturated heterocycles. The first-order valence-corrected chi connectivity index (χ1v) is 10.2. The highest BCUT2D eigenvalue weighted by atomic mass is 19.4. The number of halogens is 4. The van der Waals surface area contributed by atoms with Crippen LogP contribution in [0.4, 0.5) is 23.4 Å². The number of alkyl halides is 3. The van der Waals surface area contributed by atoms with Gasteiger partial charge in [0.15, 0.2) is 0 Å². The van der Waals surface area contributed by atoms with E-state index in [0.29, 0.717) is 34.1 Å². The molecule has 2 N–H and O–H groups in total. The maximum atomic E-state index is 14.5. The molecule has 0 radical (unpaired) electrons. The van der Waals surface area contributed by atoms with Gasteiger partial charge in [-0.15, -0.1) is 0 Å². The van der Waals surface area contributed by atoms with Crippen LogP contribution in [0.15, 0.2) is 36.7 Å². The maximum Gasteiger partial charge on any atom is 0.417 e. The average Bonchev–Trinajstić information content (AvgIpc) is 3.19. The smallest absolute Gasteiger partial charge is 0.383 e. The number of benzene rings is 1. The first-order valence-electron chi connectivity index (χ1n) is 10.2. The lowest BCUT2D eigenvalue weighted by atomic mass is 10.1. The minimum atomic E-state index is -4.78. The molecule has 35 heavy (non-hydrogen) atoms. The number of nitrogens with two attached hydrogens (primary N) is 1. The van der Waals surface area contributed by atoms with Crippen LogP contribution >= 0.6 is 0 Å². The molecule has 0 aliphatic rings. The van der Waals surface area contributed by atoms with Gasteiger partial charge in [0.25, 0.3) is 5.91 Å². The van der Waals surface area contributed by atoms with Gasteiger partial charge in [-0.05, 0) is 24.3 Å². The molecular weight excluding hydrogens is 470 g/mol. The summed E-state index contributed by atoms with van der Waals surface area (Å²) in [5.41, 5.74) is 5.53. The van der Waals surface area contributed by atoms with Crippen LogP contribution in [0, 0.1) is 5.82 Å². The summed E-state index contributed by atoms with van der Waals surface area (Å²) in [4.78, 5) is 33.3. The van der Waals surface area contributed by atoms with Crippen LogP contribution in [0.25, 0.3) is 21.8 Å². The molecule has 0 aliphatic carbocycles. The van der Waals surface area contributed by atoms with Gasteiger partial charge in [0.1, 0.15) is 11.6 Å². The molecule has 0 atom stereocenters. The zero-order chi connectivity index (χ0) is 25.7. The molecule has 0 bridgehead atoms. The van der Waals surface area contributed by atoms with E-state index in [9.17, 15) is 27.2 Å². The molecule has 3 aromatic heterocycles. The first kappa shape index (κ1) is 23.9.